The normalized spacial score (nSPS) is 23.0. The molecule has 1 aliphatic heterocycles. The van der Waals surface area contributed by atoms with E-state index in [1.165, 1.54) is 36.8 Å². The summed E-state index contributed by atoms with van der Waals surface area (Å²) in [4.78, 5) is 11.7. The molecule has 5 rings (SSSR count). The van der Waals surface area contributed by atoms with Crippen LogP contribution in [-0.4, -0.2) is 42.9 Å². The number of likely N-dealkylation sites (tertiary alicyclic amines) is 1. The molecule has 0 spiro atoms. The molecule has 3 aromatic heterocycles. The van der Waals surface area contributed by atoms with Crippen molar-refractivity contribution in [1.29, 1.82) is 0 Å². The molecule has 0 bridgehead atoms. The fourth-order valence-corrected chi connectivity index (χ4v) is 4.95. The van der Waals surface area contributed by atoms with Crippen molar-refractivity contribution in [2.24, 2.45) is 0 Å². The Morgan fingerprint density at radius 1 is 1.13 bits per heavy atom. The minimum Gasteiger partial charge on any atom is -0.339 e. The molecule has 0 aromatic carbocycles. The van der Waals surface area contributed by atoms with Gasteiger partial charge < -0.3 is 4.52 Å². The van der Waals surface area contributed by atoms with Crippen molar-refractivity contribution >= 4 is 0 Å². The minimum absolute atomic E-state index is 0.192. The van der Waals surface area contributed by atoms with Crippen LogP contribution in [-0.2, 0) is 6.54 Å². The van der Waals surface area contributed by atoms with Gasteiger partial charge in [0.25, 0.3) is 0 Å². The molecule has 2 fully saturated rings. The average molecular weight is 407 g/mol. The molecule has 4 heterocycles. The molecule has 0 amide bonds. The Hall–Kier alpha value is -2.54. The van der Waals surface area contributed by atoms with Crippen LogP contribution in [0.15, 0.2) is 41.4 Å². The topological polar surface area (TPSA) is 72.9 Å². The summed E-state index contributed by atoms with van der Waals surface area (Å²) in [7, 11) is 0. The summed E-state index contributed by atoms with van der Waals surface area (Å²) < 4.78 is 7.84. The van der Waals surface area contributed by atoms with Gasteiger partial charge in [-0.1, -0.05) is 24.1 Å². The smallest absolute Gasteiger partial charge is 0.231 e. The van der Waals surface area contributed by atoms with Crippen LogP contribution < -0.4 is 0 Å². The molecule has 158 valence electrons. The van der Waals surface area contributed by atoms with Crippen LogP contribution in [0, 0.1) is 0 Å². The van der Waals surface area contributed by atoms with Gasteiger partial charge in [0.15, 0.2) is 5.82 Å². The molecule has 0 radical (unpaired) electrons. The fraction of sp³-hybridized carbons (Fsp3) is 0.565. The van der Waals surface area contributed by atoms with Gasteiger partial charge in [-0.15, -0.1) is 0 Å². The molecule has 30 heavy (non-hydrogen) atoms. The Balaban J connectivity index is 1.37. The largest absolute Gasteiger partial charge is 0.339 e. The highest BCUT2D eigenvalue weighted by atomic mass is 16.5. The summed E-state index contributed by atoms with van der Waals surface area (Å²) in [6, 6.07) is 4.55. The zero-order valence-electron chi connectivity index (χ0n) is 17.8. The van der Waals surface area contributed by atoms with E-state index >= 15 is 0 Å². The third-order valence-corrected chi connectivity index (χ3v) is 6.59. The first kappa shape index (κ1) is 19.4. The van der Waals surface area contributed by atoms with Crippen LogP contribution in [0.1, 0.15) is 86.2 Å². The summed E-state index contributed by atoms with van der Waals surface area (Å²) in [6.07, 6.45) is 12.9. The van der Waals surface area contributed by atoms with Crippen molar-refractivity contribution in [3.8, 4) is 0 Å². The maximum atomic E-state index is 5.82. The average Bonchev–Trinajstić information content (AvgIpc) is 3.54. The van der Waals surface area contributed by atoms with E-state index in [-0.39, 0.29) is 5.92 Å². The van der Waals surface area contributed by atoms with Crippen molar-refractivity contribution in [2.45, 2.75) is 69.9 Å². The van der Waals surface area contributed by atoms with E-state index in [1.54, 1.807) is 0 Å². The van der Waals surface area contributed by atoms with Gasteiger partial charge in [-0.2, -0.15) is 10.1 Å². The van der Waals surface area contributed by atoms with E-state index in [2.05, 4.69) is 46.2 Å². The number of nitrogens with zero attached hydrogens (tertiary/aromatic N) is 6. The van der Waals surface area contributed by atoms with Gasteiger partial charge in [0, 0.05) is 61.7 Å². The molecule has 2 atom stereocenters. The molecule has 2 unspecified atom stereocenters. The Morgan fingerprint density at radius 2 is 1.97 bits per heavy atom. The van der Waals surface area contributed by atoms with Crippen molar-refractivity contribution in [1.82, 2.24) is 29.8 Å². The van der Waals surface area contributed by atoms with Crippen LogP contribution in [0.2, 0.25) is 0 Å². The predicted molar refractivity (Wildman–Crippen MR) is 113 cm³/mol. The number of aromatic nitrogens is 5. The van der Waals surface area contributed by atoms with Crippen LogP contribution >= 0.6 is 0 Å². The third kappa shape index (κ3) is 3.90. The van der Waals surface area contributed by atoms with Crippen LogP contribution in [0.4, 0.5) is 0 Å². The second-order valence-electron chi connectivity index (χ2n) is 9.09. The molecule has 7 nitrogen and oxygen atoms in total. The monoisotopic (exact) mass is 406 g/mol. The maximum Gasteiger partial charge on any atom is 0.231 e. The highest BCUT2D eigenvalue weighted by Crippen LogP contribution is 2.40. The zero-order chi connectivity index (χ0) is 20.5. The van der Waals surface area contributed by atoms with Gasteiger partial charge in [0.2, 0.25) is 5.89 Å². The van der Waals surface area contributed by atoms with E-state index in [4.69, 9.17) is 9.51 Å². The highest BCUT2D eigenvalue weighted by molar-refractivity contribution is 5.23. The summed E-state index contributed by atoms with van der Waals surface area (Å²) >= 11 is 0. The number of rotatable bonds is 6. The molecular formula is C23H30N6O. The first-order chi connectivity index (χ1) is 14.7. The van der Waals surface area contributed by atoms with Gasteiger partial charge in [-0.05, 0) is 38.3 Å². The second-order valence-corrected chi connectivity index (χ2v) is 9.09. The van der Waals surface area contributed by atoms with E-state index < -0.39 is 0 Å². The van der Waals surface area contributed by atoms with Crippen LogP contribution in [0.3, 0.4) is 0 Å². The second kappa shape index (κ2) is 8.30. The van der Waals surface area contributed by atoms with Gasteiger partial charge in [-0.3, -0.25) is 14.6 Å². The first-order valence-electron chi connectivity index (χ1n) is 11.2. The van der Waals surface area contributed by atoms with Crippen molar-refractivity contribution in [2.75, 3.05) is 13.1 Å². The van der Waals surface area contributed by atoms with E-state index in [0.29, 0.717) is 17.9 Å². The number of pyridine rings is 1. The summed E-state index contributed by atoms with van der Waals surface area (Å²) in [5.74, 6) is 2.65. The molecule has 7 heteroatoms. The first-order valence-corrected chi connectivity index (χ1v) is 11.2. The summed E-state index contributed by atoms with van der Waals surface area (Å²) in [5.41, 5.74) is 2.48. The molecule has 0 N–H and O–H groups in total. The molecule has 1 aliphatic carbocycles. The van der Waals surface area contributed by atoms with Gasteiger partial charge >= 0.3 is 0 Å². The lowest BCUT2D eigenvalue weighted by molar-refractivity contribution is 0.308. The lowest BCUT2D eigenvalue weighted by Gasteiger charge is -2.15. The highest BCUT2D eigenvalue weighted by Gasteiger charge is 2.39. The lowest BCUT2D eigenvalue weighted by Crippen LogP contribution is -2.20. The van der Waals surface area contributed by atoms with E-state index in [1.807, 2.05) is 29.3 Å². The van der Waals surface area contributed by atoms with Gasteiger partial charge in [-0.25, -0.2) is 0 Å². The standard InChI is InChI=1S/C23H30N6O/c1-16(2)29-13-17(10-25-29)12-28-14-20(19-8-5-9-24-11-19)21(15-28)23-26-22(27-30-23)18-6-3-4-7-18/h5,8-11,13,16,18,20-21H,3-4,6-7,12,14-15H2,1-2H3. The Labute approximate surface area is 177 Å². The quantitative estimate of drug-likeness (QED) is 0.608. The number of hydrogen-bond acceptors (Lipinski definition) is 6. The number of hydrogen-bond donors (Lipinski definition) is 0. The minimum atomic E-state index is 0.192. The Kier molecular flexibility index (Phi) is 5.37. The zero-order valence-corrected chi connectivity index (χ0v) is 17.8. The molecule has 2 aliphatic rings. The SMILES string of the molecule is CC(C)n1cc(CN2CC(c3cccnc3)C(c3nc(C4CCCC4)no3)C2)cn1. The maximum absolute atomic E-state index is 5.82. The lowest BCUT2D eigenvalue weighted by atomic mass is 9.90. The van der Waals surface area contributed by atoms with Crippen molar-refractivity contribution in [3.05, 3.63) is 59.8 Å². The molecular weight excluding hydrogens is 376 g/mol. The Morgan fingerprint density at radius 3 is 2.70 bits per heavy atom. The van der Waals surface area contributed by atoms with Gasteiger partial charge in [0.05, 0.1) is 12.1 Å². The Bertz CT molecular complexity index is 959. The van der Waals surface area contributed by atoms with Crippen molar-refractivity contribution < 1.29 is 4.52 Å². The fourth-order valence-electron chi connectivity index (χ4n) is 4.95. The van der Waals surface area contributed by atoms with Crippen molar-refractivity contribution in [3.63, 3.8) is 0 Å². The van der Waals surface area contributed by atoms with E-state index in [9.17, 15) is 0 Å². The molecule has 1 saturated carbocycles. The van der Waals surface area contributed by atoms with Crippen LogP contribution in [0.25, 0.3) is 0 Å². The summed E-state index contributed by atoms with van der Waals surface area (Å²) in [5, 5.41) is 8.87. The summed E-state index contributed by atoms with van der Waals surface area (Å²) in [6.45, 7) is 7.03. The predicted octanol–water partition coefficient (Wildman–Crippen LogP) is 4.28. The van der Waals surface area contributed by atoms with Gasteiger partial charge in [0.1, 0.15) is 0 Å². The third-order valence-electron chi connectivity index (χ3n) is 6.59. The molecule has 1 saturated heterocycles. The molecule has 3 aromatic rings. The van der Waals surface area contributed by atoms with Crippen LogP contribution in [0.5, 0.6) is 0 Å². The van der Waals surface area contributed by atoms with E-state index in [0.717, 1.165) is 31.3 Å².